The number of rotatable bonds is 7. The average Bonchev–Trinajstić information content (AvgIpc) is 2.16. The van der Waals surface area contributed by atoms with Crippen molar-refractivity contribution in [1.82, 2.24) is 5.32 Å². The highest BCUT2D eigenvalue weighted by molar-refractivity contribution is 5.75. The fourth-order valence-electron chi connectivity index (χ4n) is 0.960. The van der Waals surface area contributed by atoms with Crippen LogP contribution in [-0.4, -0.2) is 38.4 Å². The van der Waals surface area contributed by atoms with E-state index < -0.39 is 0 Å². The summed E-state index contributed by atoms with van der Waals surface area (Å²) in [5.41, 5.74) is 0. The van der Waals surface area contributed by atoms with Gasteiger partial charge in [-0.2, -0.15) is 0 Å². The van der Waals surface area contributed by atoms with Crippen molar-refractivity contribution in [1.29, 1.82) is 0 Å². The molecule has 0 aliphatic heterocycles. The van der Waals surface area contributed by atoms with E-state index in [-0.39, 0.29) is 18.1 Å². The number of methoxy groups -OCH3 is 1. The smallest absolute Gasteiger partial charge is 0.325 e. The third-order valence-corrected chi connectivity index (χ3v) is 1.72. The van der Waals surface area contributed by atoms with Crippen molar-refractivity contribution in [2.24, 2.45) is 0 Å². The van der Waals surface area contributed by atoms with E-state index in [2.05, 4.69) is 10.1 Å². The molecule has 4 nitrogen and oxygen atoms in total. The molecule has 0 aromatic heterocycles. The van der Waals surface area contributed by atoms with E-state index in [1.165, 1.54) is 7.11 Å². The molecule has 0 aliphatic rings. The van der Waals surface area contributed by atoms with Crippen molar-refractivity contribution >= 4 is 5.97 Å². The van der Waals surface area contributed by atoms with Crippen molar-refractivity contribution in [3.63, 3.8) is 0 Å². The predicted octanol–water partition coefficient (Wildman–Crippen LogP) is 0.953. The maximum Gasteiger partial charge on any atom is 0.325 e. The fourth-order valence-corrected chi connectivity index (χ4v) is 0.960. The van der Waals surface area contributed by atoms with Crippen LogP contribution in [0.3, 0.4) is 0 Å². The SMILES string of the molecule is CCCNC(COC(C)C)C(=O)OC. The molecule has 0 aromatic rings. The van der Waals surface area contributed by atoms with Crippen LogP contribution in [0.2, 0.25) is 0 Å². The van der Waals surface area contributed by atoms with Gasteiger partial charge in [-0.1, -0.05) is 6.92 Å². The Morgan fingerprint density at radius 2 is 2.07 bits per heavy atom. The Balaban J connectivity index is 3.90. The highest BCUT2D eigenvalue weighted by atomic mass is 16.5. The van der Waals surface area contributed by atoms with Gasteiger partial charge in [0.15, 0.2) is 0 Å². The zero-order chi connectivity index (χ0) is 11.0. The molecule has 1 unspecified atom stereocenters. The number of esters is 1. The summed E-state index contributed by atoms with van der Waals surface area (Å²) in [7, 11) is 1.39. The lowest BCUT2D eigenvalue weighted by atomic mass is 10.3. The van der Waals surface area contributed by atoms with Crippen molar-refractivity contribution in [2.75, 3.05) is 20.3 Å². The van der Waals surface area contributed by atoms with Gasteiger partial charge in [-0.15, -0.1) is 0 Å². The number of ether oxygens (including phenoxy) is 2. The van der Waals surface area contributed by atoms with E-state index in [1.807, 2.05) is 20.8 Å². The van der Waals surface area contributed by atoms with Crippen molar-refractivity contribution in [3.8, 4) is 0 Å². The first-order chi connectivity index (χ1) is 6.61. The molecular weight excluding hydrogens is 182 g/mol. The summed E-state index contributed by atoms with van der Waals surface area (Å²) < 4.78 is 10.0. The Kier molecular flexibility index (Phi) is 7.42. The molecule has 14 heavy (non-hydrogen) atoms. The summed E-state index contributed by atoms with van der Waals surface area (Å²) in [5.74, 6) is -0.265. The number of hydrogen-bond acceptors (Lipinski definition) is 4. The molecule has 1 atom stereocenters. The minimum atomic E-state index is -0.345. The van der Waals surface area contributed by atoms with Crippen LogP contribution in [0.15, 0.2) is 0 Å². The molecule has 1 N–H and O–H groups in total. The van der Waals surface area contributed by atoms with E-state index in [0.29, 0.717) is 6.61 Å². The van der Waals surface area contributed by atoms with Gasteiger partial charge in [-0.25, -0.2) is 0 Å². The summed E-state index contributed by atoms with van der Waals surface area (Å²) in [6, 6.07) is -0.345. The molecule has 0 fully saturated rings. The molecule has 0 radical (unpaired) electrons. The van der Waals surface area contributed by atoms with Crippen LogP contribution in [-0.2, 0) is 14.3 Å². The van der Waals surface area contributed by atoms with Crippen molar-refractivity contribution in [3.05, 3.63) is 0 Å². The molecule has 0 aliphatic carbocycles. The molecule has 0 saturated carbocycles. The van der Waals surface area contributed by atoms with Crippen LogP contribution in [0.4, 0.5) is 0 Å². The number of nitrogens with one attached hydrogen (secondary N) is 1. The molecule has 0 rings (SSSR count). The maximum atomic E-state index is 11.3. The minimum absolute atomic E-state index is 0.130. The standard InChI is InChI=1S/C10H21NO3/c1-5-6-11-9(10(12)13-4)7-14-8(2)3/h8-9,11H,5-7H2,1-4H3. The fraction of sp³-hybridized carbons (Fsp3) is 0.900. The molecule has 0 bridgehead atoms. The molecule has 0 spiro atoms. The van der Waals surface area contributed by atoms with Crippen LogP contribution in [0, 0.1) is 0 Å². The third-order valence-electron chi connectivity index (χ3n) is 1.72. The van der Waals surface area contributed by atoms with Gasteiger partial charge in [0.05, 0.1) is 19.8 Å². The Bertz CT molecular complexity index is 159. The summed E-state index contributed by atoms with van der Waals surface area (Å²) in [4.78, 5) is 11.3. The molecule has 0 heterocycles. The van der Waals surface area contributed by atoms with Crippen LogP contribution >= 0.6 is 0 Å². The lowest BCUT2D eigenvalue weighted by Crippen LogP contribution is -2.42. The van der Waals surface area contributed by atoms with Gasteiger partial charge in [0.25, 0.3) is 0 Å². The zero-order valence-corrected chi connectivity index (χ0v) is 9.50. The Labute approximate surface area is 86.0 Å². The summed E-state index contributed by atoms with van der Waals surface area (Å²) in [6.45, 7) is 7.08. The van der Waals surface area contributed by atoms with Gasteiger partial charge in [0, 0.05) is 0 Å². The molecule has 0 aromatic carbocycles. The minimum Gasteiger partial charge on any atom is -0.468 e. The van der Waals surface area contributed by atoms with E-state index in [1.54, 1.807) is 0 Å². The van der Waals surface area contributed by atoms with E-state index in [0.717, 1.165) is 13.0 Å². The van der Waals surface area contributed by atoms with Crippen LogP contribution < -0.4 is 5.32 Å². The number of hydrogen-bond donors (Lipinski definition) is 1. The first-order valence-corrected chi connectivity index (χ1v) is 5.04. The third kappa shape index (κ3) is 5.94. The number of carbonyl (C=O) groups excluding carboxylic acids is 1. The normalized spacial score (nSPS) is 12.9. The quantitative estimate of drug-likeness (QED) is 0.626. The molecule has 0 saturated heterocycles. The van der Waals surface area contributed by atoms with E-state index in [4.69, 9.17) is 4.74 Å². The zero-order valence-electron chi connectivity index (χ0n) is 9.50. The first kappa shape index (κ1) is 13.4. The lowest BCUT2D eigenvalue weighted by Gasteiger charge is -2.17. The Morgan fingerprint density at radius 3 is 2.50 bits per heavy atom. The number of carbonyl (C=O) groups is 1. The Hall–Kier alpha value is -0.610. The molecule has 84 valence electrons. The molecule has 0 amide bonds. The largest absolute Gasteiger partial charge is 0.468 e. The van der Waals surface area contributed by atoms with Crippen LogP contribution in [0.5, 0.6) is 0 Å². The molecular formula is C10H21NO3. The molecule has 4 heteroatoms. The van der Waals surface area contributed by atoms with Crippen LogP contribution in [0.1, 0.15) is 27.2 Å². The second kappa shape index (κ2) is 7.76. The van der Waals surface area contributed by atoms with Gasteiger partial charge in [0.2, 0.25) is 0 Å². The van der Waals surface area contributed by atoms with Gasteiger partial charge < -0.3 is 14.8 Å². The van der Waals surface area contributed by atoms with Gasteiger partial charge in [-0.3, -0.25) is 4.79 Å². The topological polar surface area (TPSA) is 47.6 Å². The van der Waals surface area contributed by atoms with Gasteiger partial charge >= 0.3 is 5.97 Å². The summed E-state index contributed by atoms with van der Waals surface area (Å²) in [5, 5.41) is 3.08. The predicted molar refractivity (Wildman–Crippen MR) is 55.2 cm³/mol. The second-order valence-electron chi connectivity index (χ2n) is 3.41. The highest BCUT2D eigenvalue weighted by Gasteiger charge is 2.18. The Morgan fingerprint density at radius 1 is 1.43 bits per heavy atom. The summed E-state index contributed by atoms with van der Waals surface area (Å²) >= 11 is 0. The van der Waals surface area contributed by atoms with Crippen LogP contribution in [0.25, 0.3) is 0 Å². The monoisotopic (exact) mass is 203 g/mol. The summed E-state index contributed by atoms with van der Waals surface area (Å²) in [6.07, 6.45) is 1.11. The van der Waals surface area contributed by atoms with Crippen molar-refractivity contribution < 1.29 is 14.3 Å². The average molecular weight is 203 g/mol. The maximum absolute atomic E-state index is 11.3. The van der Waals surface area contributed by atoms with Gasteiger partial charge in [0.1, 0.15) is 6.04 Å². The highest BCUT2D eigenvalue weighted by Crippen LogP contribution is 1.94. The van der Waals surface area contributed by atoms with Gasteiger partial charge in [-0.05, 0) is 26.8 Å². The second-order valence-corrected chi connectivity index (χ2v) is 3.41. The van der Waals surface area contributed by atoms with Crippen molar-refractivity contribution in [2.45, 2.75) is 39.3 Å². The lowest BCUT2D eigenvalue weighted by molar-refractivity contribution is -0.145. The van der Waals surface area contributed by atoms with E-state index in [9.17, 15) is 4.79 Å². The van der Waals surface area contributed by atoms with E-state index >= 15 is 0 Å². The first-order valence-electron chi connectivity index (χ1n) is 5.04.